The number of hydrogen-bond acceptors (Lipinski definition) is 4. The van der Waals surface area contributed by atoms with E-state index in [1.54, 1.807) is 11.1 Å². The van der Waals surface area contributed by atoms with Gasteiger partial charge in [0.2, 0.25) is 0 Å². The highest BCUT2D eigenvalue weighted by atomic mass is 16.5. The molecule has 1 aliphatic rings. The lowest BCUT2D eigenvalue weighted by Gasteiger charge is -2.19. The fourth-order valence-electron chi connectivity index (χ4n) is 3.15. The summed E-state index contributed by atoms with van der Waals surface area (Å²) in [6.45, 7) is 4.93. The summed E-state index contributed by atoms with van der Waals surface area (Å²) in [6.07, 6.45) is 0.748. The van der Waals surface area contributed by atoms with Gasteiger partial charge in [0.15, 0.2) is 0 Å². The normalized spacial score (nSPS) is 20.4. The van der Waals surface area contributed by atoms with E-state index in [-0.39, 0.29) is 18.6 Å². The smallest absolute Gasteiger partial charge is 0.256 e. The summed E-state index contributed by atoms with van der Waals surface area (Å²) >= 11 is 0. The van der Waals surface area contributed by atoms with Crippen LogP contribution < -0.4 is 0 Å². The molecule has 1 saturated heterocycles. The minimum atomic E-state index is -0.647. The molecule has 3 rings (SSSR count). The van der Waals surface area contributed by atoms with E-state index < -0.39 is 6.10 Å². The van der Waals surface area contributed by atoms with Gasteiger partial charge in [-0.15, -0.1) is 0 Å². The minimum Gasteiger partial charge on any atom is -0.388 e. The van der Waals surface area contributed by atoms with Gasteiger partial charge in [-0.3, -0.25) is 9.78 Å². The number of pyridine rings is 1. The molecule has 1 N–H and O–H groups in total. The Labute approximate surface area is 141 Å². The van der Waals surface area contributed by atoms with Crippen LogP contribution in [0.4, 0.5) is 0 Å². The van der Waals surface area contributed by atoms with Gasteiger partial charge in [0, 0.05) is 25.9 Å². The van der Waals surface area contributed by atoms with Gasteiger partial charge in [-0.25, -0.2) is 0 Å². The van der Waals surface area contributed by atoms with Crippen molar-refractivity contribution in [2.75, 3.05) is 19.7 Å². The molecule has 126 valence electrons. The third-order valence-electron chi connectivity index (χ3n) is 4.34. The summed E-state index contributed by atoms with van der Waals surface area (Å²) < 4.78 is 5.52. The number of carbonyl (C=O) groups excluding carboxylic acids is 1. The monoisotopic (exact) mass is 326 g/mol. The van der Waals surface area contributed by atoms with E-state index in [9.17, 15) is 9.90 Å². The second kappa shape index (κ2) is 7.11. The number of amides is 1. The zero-order valence-electron chi connectivity index (χ0n) is 14.0. The SMILES string of the molecule is CCO[C@H]1CN(C(=O)c2c(-c3ccccc3)ccnc2C)C[C@@H]1O. The average molecular weight is 326 g/mol. The molecule has 0 saturated carbocycles. The number of nitrogens with zero attached hydrogens (tertiary/aromatic N) is 2. The molecule has 5 nitrogen and oxygen atoms in total. The van der Waals surface area contributed by atoms with E-state index in [2.05, 4.69) is 4.98 Å². The Kier molecular flexibility index (Phi) is 4.92. The van der Waals surface area contributed by atoms with Crippen molar-refractivity contribution in [3.63, 3.8) is 0 Å². The first kappa shape index (κ1) is 16.6. The van der Waals surface area contributed by atoms with E-state index in [1.807, 2.05) is 50.2 Å². The van der Waals surface area contributed by atoms with Crippen molar-refractivity contribution < 1.29 is 14.6 Å². The molecule has 0 spiro atoms. The fourth-order valence-corrected chi connectivity index (χ4v) is 3.15. The van der Waals surface area contributed by atoms with Crippen LogP contribution in [0, 0.1) is 6.92 Å². The van der Waals surface area contributed by atoms with Crippen molar-refractivity contribution in [1.82, 2.24) is 9.88 Å². The van der Waals surface area contributed by atoms with Gasteiger partial charge in [-0.05, 0) is 31.0 Å². The number of β-amino-alcohol motifs (C(OH)–C–C–N with tert-alkyl or cyclic N) is 1. The first-order valence-corrected chi connectivity index (χ1v) is 8.21. The van der Waals surface area contributed by atoms with Crippen molar-refractivity contribution in [3.8, 4) is 11.1 Å². The quantitative estimate of drug-likeness (QED) is 0.936. The second-order valence-corrected chi connectivity index (χ2v) is 5.96. The number of carbonyl (C=O) groups is 1. The zero-order chi connectivity index (χ0) is 17.1. The molecule has 1 aromatic carbocycles. The summed E-state index contributed by atoms with van der Waals surface area (Å²) in [6, 6.07) is 11.7. The molecule has 1 aliphatic heterocycles. The number of hydrogen-bond donors (Lipinski definition) is 1. The number of aliphatic hydroxyl groups excluding tert-OH is 1. The maximum Gasteiger partial charge on any atom is 0.256 e. The topological polar surface area (TPSA) is 62.7 Å². The van der Waals surface area contributed by atoms with Crippen molar-refractivity contribution >= 4 is 5.91 Å². The lowest BCUT2D eigenvalue weighted by atomic mass is 9.98. The average Bonchev–Trinajstić information content (AvgIpc) is 2.96. The minimum absolute atomic E-state index is 0.110. The van der Waals surface area contributed by atoms with Gasteiger partial charge in [0.1, 0.15) is 6.10 Å². The predicted octanol–water partition coefficient (Wildman–Crippen LogP) is 2.28. The van der Waals surface area contributed by atoms with E-state index in [0.717, 1.165) is 11.1 Å². The van der Waals surface area contributed by atoms with Crippen molar-refractivity contribution in [3.05, 3.63) is 53.9 Å². The zero-order valence-corrected chi connectivity index (χ0v) is 14.0. The summed E-state index contributed by atoms with van der Waals surface area (Å²) in [7, 11) is 0. The van der Waals surface area contributed by atoms with Gasteiger partial charge < -0.3 is 14.7 Å². The number of ether oxygens (including phenoxy) is 1. The van der Waals surface area contributed by atoms with Gasteiger partial charge in [0.25, 0.3) is 5.91 Å². The molecule has 1 amide bonds. The standard InChI is InChI=1S/C19H22N2O3/c1-3-24-17-12-21(11-16(17)22)19(23)18-13(2)20-10-9-15(18)14-7-5-4-6-8-14/h4-10,16-17,22H,3,11-12H2,1-2H3/t16-,17-/m0/s1. The molecule has 1 fully saturated rings. The van der Waals surface area contributed by atoms with E-state index in [4.69, 9.17) is 4.74 Å². The van der Waals surface area contributed by atoms with Gasteiger partial charge in [-0.1, -0.05) is 30.3 Å². The number of rotatable bonds is 4. The van der Waals surface area contributed by atoms with Crippen LogP contribution in [-0.4, -0.2) is 52.8 Å². The third-order valence-corrected chi connectivity index (χ3v) is 4.34. The van der Waals surface area contributed by atoms with Crippen LogP contribution in [0.3, 0.4) is 0 Å². The van der Waals surface area contributed by atoms with Crippen molar-refractivity contribution in [2.45, 2.75) is 26.1 Å². The van der Waals surface area contributed by atoms with Crippen LogP contribution in [0.2, 0.25) is 0 Å². The lowest BCUT2D eigenvalue weighted by Crippen LogP contribution is -2.31. The van der Waals surface area contributed by atoms with Crippen LogP contribution in [0.25, 0.3) is 11.1 Å². The lowest BCUT2D eigenvalue weighted by molar-refractivity contribution is -0.00237. The highest BCUT2D eigenvalue weighted by Crippen LogP contribution is 2.27. The molecule has 2 aromatic rings. The Morgan fingerprint density at radius 2 is 2.04 bits per heavy atom. The first-order valence-electron chi connectivity index (χ1n) is 8.21. The number of aryl methyl sites for hydroxylation is 1. The van der Waals surface area contributed by atoms with Crippen molar-refractivity contribution in [2.24, 2.45) is 0 Å². The van der Waals surface area contributed by atoms with Crippen LogP contribution in [-0.2, 0) is 4.74 Å². The van der Waals surface area contributed by atoms with E-state index >= 15 is 0 Å². The summed E-state index contributed by atoms with van der Waals surface area (Å²) in [5, 5.41) is 10.1. The molecule has 0 bridgehead atoms. The Bertz CT molecular complexity index is 718. The van der Waals surface area contributed by atoms with E-state index in [1.165, 1.54) is 0 Å². The Balaban J connectivity index is 1.94. The van der Waals surface area contributed by atoms with Crippen LogP contribution in [0.5, 0.6) is 0 Å². The van der Waals surface area contributed by atoms with Crippen molar-refractivity contribution in [1.29, 1.82) is 0 Å². The van der Waals surface area contributed by atoms with Crippen LogP contribution >= 0.6 is 0 Å². The van der Waals surface area contributed by atoms with Gasteiger partial charge >= 0.3 is 0 Å². The molecular formula is C19H22N2O3. The molecule has 2 heterocycles. The Hall–Kier alpha value is -2.24. The molecular weight excluding hydrogens is 304 g/mol. The number of benzene rings is 1. The summed E-state index contributed by atoms with van der Waals surface area (Å²) in [4.78, 5) is 19.0. The molecule has 5 heteroatoms. The van der Waals surface area contributed by atoms with E-state index in [0.29, 0.717) is 24.4 Å². The second-order valence-electron chi connectivity index (χ2n) is 5.96. The highest BCUT2D eigenvalue weighted by molar-refractivity contribution is 6.02. The largest absolute Gasteiger partial charge is 0.388 e. The van der Waals surface area contributed by atoms with Gasteiger partial charge in [0.05, 0.1) is 17.4 Å². The number of likely N-dealkylation sites (tertiary alicyclic amines) is 1. The Morgan fingerprint density at radius 3 is 2.75 bits per heavy atom. The van der Waals surface area contributed by atoms with Crippen LogP contribution in [0.15, 0.2) is 42.6 Å². The summed E-state index contributed by atoms with van der Waals surface area (Å²) in [5.74, 6) is -0.110. The molecule has 0 unspecified atom stereocenters. The molecule has 0 radical (unpaired) electrons. The maximum atomic E-state index is 13.1. The molecule has 1 aromatic heterocycles. The Morgan fingerprint density at radius 1 is 1.29 bits per heavy atom. The third kappa shape index (κ3) is 3.18. The summed E-state index contributed by atoms with van der Waals surface area (Å²) in [5.41, 5.74) is 3.12. The van der Waals surface area contributed by atoms with Crippen LogP contribution in [0.1, 0.15) is 23.0 Å². The number of aromatic nitrogens is 1. The molecule has 0 aliphatic carbocycles. The fraction of sp³-hybridized carbons (Fsp3) is 0.368. The number of aliphatic hydroxyl groups is 1. The maximum absolute atomic E-state index is 13.1. The highest BCUT2D eigenvalue weighted by Gasteiger charge is 2.36. The molecule has 24 heavy (non-hydrogen) atoms. The predicted molar refractivity (Wildman–Crippen MR) is 91.7 cm³/mol. The molecule has 2 atom stereocenters. The first-order chi connectivity index (χ1) is 11.6. The van der Waals surface area contributed by atoms with Gasteiger partial charge in [-0.2, -0.15) is 0 Å².